The summed E-state index contributed by atoms with van der Waals surface area (Å²) in [5, 5.41) is -0.668. The van der Waals surface area contributed by atoms with E-state index in [4.69, 9.17) is 16.3 Å². The third-order valence-electron chi connectivity index (χ3n) is 2.68. The number of anilines is 1. The van der Waals surface area contributed by atoms with Crippen molar-refractivity contribution in [3.8, 4) is 6.01 Å². The third kappa shape index (κ3) is 3.64. The lowest BCUT2D eigenvalue weighted by molar-refractivity contribution is 0.311. The van der Waals surface area contributed by atoms with Gasteiger partial charge in [0.15, 0.2) is 9.84 Å². The number of thioether (sulfide) groups is 1. The summed E-state index contributed by atoms with van der Waals surface area (Å²) < 4.78 is 29.0. The van der Waals surface area contributed by atoms with E-state index in [0.29, 0.717) is 18.9 Å². The maximum Gasteiger partial charge on any atom is 0.322 e. The average molecular weight is 339 g/mol. The van der Waals surface area contributed by atoms with Gasteiger partial charge in [0.2, 0.25) is 11.2 Å². The summed E-state index contributed by atoms with van der Waals surface area (Å²) in [6, 6.07) is 0.105. The van der Waals surface area contributed by atoms with Gasteiger partial charge in [0.1, 0.15) is 5.37 Å². The van der Waals surface area contributed by atoms with Crippen LogP contribution in [0.2, 0.25) is 5.28 Å². The van der Waals surface area contributed by atoms with E-state index in [1.165, 1.54) is 6.26 Å². The fraction of sp³-hybridized carbons (Fsp3) is 0.700. The quantitative estimate of drug-likeness (QED) is 0.798. The van der Waals surface area contributed by atoms with Gasteiger partial charge in [0.05, 0.1) is 6.61 Å². The van der Waals surface area contributed by atoms with E-state index in [2.05, 4.69) is 15.0 Å². The number of halogens is 1. The number of sulfone groups is 1. The van der Waals surface area contributed by atoms with Gasteiger partial charge in [0.25, 0.3) is 0 Å². The van der Waals surface area contributed by atoms with Gasteiger partial charge in [-0.15, -0.1) is 0 Å². The highest BCUT2D eigenvalue weighted by Gasteiger charge is 2.33. The Morgan fingerprint density at radius 2 is 2.20 bits per heavy atom. The molecule has 0 spiro atoms. The van der Waals surface area contributed by atoms with Crippen molar-refractivity contribution in [2.24, 2.45) is 0 Å². The Labute approximate surface area is 127 Å². The Bertz CT molecular complexity index is 584. The number of hydrogen-bond donors (Lipinski definition) is 0. The molecule has 0 bridgehead atoms. The lowest BCUT2D eigenvalue weighted by Crippen LogP contribution is -2.47. The van der Waals surface area contributed by atoms with Crippen molar-refractivity contribution < 1.29 is 13.2 Å². The maximum atomic E-state index is 11.9. The van der Waals surface area contributed by atoms with E-state index in [0.717, 1.165) is 5.75 Å². The van der Waals surface area contributed by atoms with Crippen LogP contribution in [0.1, 0.15) is 6.92 Å². The van der Waals surface area contributed by atoms with Crippen LogP contribution in [0.3, 0.4) is 0 Å². The highest BCUT2D eigenvalue weighted by atomic mass is 35.5. The van der Waals surface area contributed by atoms with Gasteiger partial charge < -0.3 is 9.64 Å². The first kappa shape index (κ1) is 15.6. The summed E-state index contributed by atoms with van der Waals surface area (Å²) in [6.07, 6.45) is 1.21. The molecule has 1 aliphatic rings. The predicted octanol–water partition coefficient (Wildman–Crippen LogP) is 0.848. The normalized spacial score (nSPS) is 19.9. The SMILES string of the molecule is CCOc1nc(Cl)nc(N2CCSCC2S(C)(=O)=O)n1. The van der Waals surface area contributed by atoms with E-state index in [1.807, 2.05) is 0 Å². The largest absolute Gasteiger partial charge is 0.464 e. The van der Waals surface area contributed by atoms with Crippen LogP contribution in [0.15, 0.2) is 0 Å². The summed E-state index contributed by atoms with van der Waals surface area (Å²) >= 11 is 7.43. The van der Waals surface area contributed by atoms with Crippen molar-refractivity contribution in [3.63, 3.8) is 0 Å². The molecule has 1 aromatic rings. The smallest absolute Gasteiger partial charge is 0.322 e. The Morgan fingerprint density at radius 1 is 1.45 bits per heavy atom. The number of aromatic nitrogens is 3. The zero-order chi connectivity index (χ0) is 14.8. The molecule has 0 N–H and O–H groups in total. The second-order valence-corrected chi connectivity index (χ2v) is 7.86. The van der Waals surface area contributed by atoms with Crippen molar-refractivity contribution in [3.05, 3.63) is 5.28 Å². The zero-order valence-electron chi connectivity index (χ0n) is 11.1. The van der Waals surface area contributed by atoms with Crippen LogP contribution in [0.4, 0.5) is 5.95 Å². The van der Waals surface area contributed by atoms with Gasteiger partial charge in [-0.1, -0.05) is 0 Å². The number of rotatable bonds is 4. The fourth-order valence-corrected chi connectivity index (χ4v) is 4.77. The Kier molecular flexibility index (Phi) is 4.92. The Hall–Kier alpha value is -0.800. The molecule has 1 fully saturated rings. The molecule has 20 heavy (non-hydrogen) atoms. The number of ether oxygens (including phenoxy) is 1. The average Bonchev–Trinajstić information content (AvgIpc) is 2.37. The molecule has 2 heterocycles. The molecule has 112 valence electrons. The molecule has 1 unspecified atom stereocenters. The van der Waals surface area contributed by atoms with Crippen LogP contribution in [-0.4, -0.2) is 59.7 Å². The summed E-state index contributed by atoms with van der Waals surface area (Å²) in [5.41, 5.74) is 0. The van der Waals surface area contributed by atoms with Gasteiger partial charge in [-0.2, -0.15) is 26.7 Å². The van der Waals surface area contributed by atoms with Crippen molar-refractivity contribution in [2.45, 2.75) is 12.3 Å². The molecule has 2 rings (SSSR count). The molecule has 7 nitrogen and oxygen atoms in total. The van der Waals surface area contributed by atoms with E-state index in [9.17, 15) is 8.42 Å². The first-order valence-corrected chi connectivity index (χ1v) is 9.48. The molecule has 1 saturated heterocycles. The van der Waals surface area contributed by atoms with Gasteiger partial charge in [-0.3, -0.25) is 0 Å². The van der Waals surface area contributed by atoms with Crippen LogP contribution >= 0.6 is 23.4 Å². The van der Waals surface area contributed by atoms with Crippen molar-refractivity contribution in [1.29, 1.82) is 0 Å². The first-order chi connectivity index (χ1) is 9.41. The molecule has 0 amide bonds. The maximum absolute atomic E-state index is 11.9. The Balaban J connectivity index is 2.37. The number of hydrogen-bond acceptors (Lipinski definition) is 8. The summed E-state index contributed by atoms with van der Waals surface area (Å²) in [7, 11) is -3.24. The minimum atomic E-state index is -3.24. The zero-order valence-corrected chi connectivity index (χ0v) is 13.5. The molecule has 1 atom stereocenters. The van der Waals surface area contributed by atoms with Crippen LogP contribution in [0.5, 0.6) is 6.01 Å². The van der Waals surface area contributed by atoms with Gasteiger partial charge in [-0.05, 0) is 18.5 Å². The molecule has 1 aromatic heterocycles. The molecular weight excluding hydrogens is 324 g/mol. The minimum Gasteiger partial charge on any atom is -0.464 e. The van der Waals surface area contributed by atoms with Crippen LogP contribution in [0.25, 0.3) is 0 Å². The van der Waals surface area contributed by atoms with Gasteiger partial charge in [0, 0.05) is 24.3 Å². The van der Waals surface area contributed by atoms with Crippen LogP contribution in [-0.2, 0) is 9.84 Å². The molecule has 10 heteroatoms. The highest BCUT2D eigenvalue weighted by molar-refractivity contribution is 8.01. The molecule has 0 radical (unpaired) electrons. The summed E-state index contributed by atoms with van der Waals surface area (Å²) in [5.74, 6) is 1.52. The van der Waals surface area contributed by atoms with E-state index >= 15 is 0 Å². The molecule has 0 aromatic carbocycles. The lowest BCUT2D eigenvalue weighted by Gasteiger charge is -2.33. The summed E-state index contributed by atoms with van der Waals surface area (Å²) in [6.45, 7) is 2.73. The van der Waals surface area contributed by atoms with Crippen LogP contribution in [0, 0.1) is 0 Å². The molecule has 0 aliphatic carbocycles. The van der Waals surface area contributed by atoms with E-state index < -0.39 is 15.2 Å². The van der Waals surface area contributed by atoms with E-state index in [-0.39, 0.29) is 17.2 Å². The topological polar surface area (TPSA) is 85.3 Å². The minimum absolute atomic E-state index is 0.0103. The first-order valence-electron chi connectivity index (χ1n) is 5.99. The second-order valence-electron chi connectivity index (χ2n) is 4.17. The second kappa shape index (κ2) is 6.31. The lowest BCUT2D eigenvalue weighted by atomic mass is 10.5. The van der Waals surface area contributed by atoms with Gasteiger partial charge in [-0.25, -0.2) is 8.42 Å². The monoisotopic (exact) mass is 338 g/mol. The Morgan fingerprint density at radius 3 is 2.85 bits per heavy atom. The third-order valence-corrected chi connectivity index (χ3v) is 5.50. The van der Waals surface area contributed by atoms with Crippen molar-refractivity contribution >= 4 is 39.1 Å². The molecule has 0 saturated carbocycles. The fourth-order valence-electron chi connectivity index (χ4n) is 1.81. The number of nitrogens with zero attached hydrogens (tertiary/aromatic N) is 4. The summed E-state index contributed by atoms with van der Waals surface area (Å²) in [4.78, 5) is 13.6. The molecule has 1 aliphatic heterocycles. The standard InChI is InChI=1S/C10H15ClN4O3S2/c1-3-18-10-13-8(11)12-9(14-10)15-4-5-19-6-7(15)20(2,16)17/h7H,3-6H2,1-2H3. The molecular formula is C10H15ClN4O3S2. The van der Waals surface area contributed by atoms with Crippen molar-refractivity contribution in [1.82, 2.24) is 15.0 Å². The predicted molar refractivity (Wildman–Crippen MR) is 79.3 cm³/mol. The van der Waals surface area contributed by atoms with E-state index in [1.54, 1.807) is 23.6 Å². The van der Waals surface area contributed by atoms with Gasteiger partial charge >= 0.3 is 6.01 Å². The van der Waals surface area contributed by atoms with Crippen molar-refractivity contribution in [2.75, 3.05) is 35.8 Å². The highest BCUT2D eigenvalue weighted by Crippen LogP contribution is 2.25. The van der Waals surface area contributed by atoms with Crippen LogP contribution < -0.4 is 9.64 Å².